The van der Waals surface area contributed by atoms with Crippen molar-refractivity contribution >= 4 is 17.5 Å². The van der Waals surface area contributed by atoms with E-state index in [1.54, 1.807) is 36.3 Å². The van der Waals surface area contributed by atoms with E-state index in [9.17, 15) is 9.59 Å². The molecule has 1 heterocycles. The van der Waals surface area contributed by atoms with E-state index in [4.69, 9.17) is 14.2 Å². The van der Waals surface area contributed by atoms with Crippen LogP contribution in [0.3, 0.4) is 0 Å². The first kappa shape index (κ1) is 21.4. The number of benzene rings is 2. The fraction of sp³-hybridized carbons (Fsp3) is 0.364. The first-order valence-corrected chi connectivity index (χ1v) is 9.83. The number of rotatable bonds is 9. The Labute approximate surface area is 176 Å². The normalized spacial score (nSPS) is 13.1. The van der Waals surface area contributed by atoms with Crippen LogP contribution in [-0.2, 0) is 9.59 Å². The van der Waals surface area contributed by atoms with Crippen LogP contribution < -0.4 is 24.8 Å². The fourth-order valence-corrected chi connectivity index (χ4v) is 3.14. The van der Waals surface area contributed by atoms with E-state index >= 15 is 0 Å². The van der Waals surface area contributed by atoms with Crippen LogP contribution in [0.15, 0.2) is 42.5 Å². The number of amides is 2. The lowest BCUT2D eigenvalue weighted by Crippen LogP contribution is -2.41. The molecule has 0 fully saturated rings. The summed E-state index contributed by atoms with van der Waals surface area (Å²) in [6, 6.07) is 12.5. The molecule has 3 rings (SSSR count). The predicted molar refractivity (Wildman–Crippen MR) is 113 cm³/mol. The van der Waals surface area contributed by atoms with Crippen molar-refractivity contribution in [3.63, 3.8) is 0 Å². The lowest BCUT2D eigenvalue weighted by Gasteiger charge is -2.21. The molecule has 160 valence electrons. The summed E-state index contributed by atoms with van der Waals surface area (Å²) in [5, 5.41) is 5.79. The molecule has 1 atom stereocenters. The van der Waals surface area contributed by atoms with Gasteiger partial charge in [-0.1, -0.05) is 19.1 Å². The average Bonchev–Trinajstić information content (AvgIpc) is 3.21. The smallest absolute Gasteiger partial charge is 0.238 e. The zero-order valence-corrected chi connectivity index (χ0v) is 17.4. The minimum Gasteiger partial charge on any atom is -0.497 e. The van der Waals surface area contributed by atoms with Crippen LogP contribution in [0.1, 0.15) is 25.5 Å². The predicted octanol–water partition coefficient (Wildman–Crippen LogP) is 2.56. The third-order valence-corrected chi connectivity index (χ3v) is 4.81. The summed E-state index contributed by atoms with van der Waals surface area (Å²) < 4.78 is 15.9. The number of ether oxygens (including phenoxy) is 3. The van der Waals surface area contributed by atoms with Crippen LogP contribution in [0, 0.1) is 0 Å². The maximum atomic E-state index is 12.5. The van der Waals surface area contributed by atoms with Crippen LogP contribution in [0.2, 0.25) is 0 Å². The third kappa shape index (κ3) is 5.64. The Bertz CT molecular complexity index is 902. The summed E-state index contributed by atoms with van der Waals surface area (Å²) in [6.07, 6.45) is 0. The van der Waals surface area contributed by atoms with E-state index in [0.717, 1.165) is 5.56 Å². The maximum absolute atomic E-state index is 12.5. The fourth-order valence-electron chi connectivity index (χ4n) is 3.14. The van der Waals surface area contributed by atoms with Gasteiger partial charge in [0.1, 0.15) is 5.75 Å². The van der Waals surface area contributed by atoms with Crippen LogP contribution in [0.5, 0.6) is 17.2 Å². The van der Waals surface area contributed by atoms with Crippen molar-refractivity contribution in [2.24, 2.45) is 0 Å². The van der Waals surface area contributed by atoms with Gasteiger partial charge < -0.3 is 24.8 Å². The third-order valence-electron chi connectivity index (χ3n) is 4.81. The zero-order valence-electron chi connectivity index (χ0n) is 17.4. The summed E-state index contributed by atoms with van der Waals surface area (Å²) in [7, 11) is 1.57. The molecule has 0 saturated heterocycles. The number of hydrogen-bond acceptors (Lipinski definition) is 6. The van der Waals surface area contributed by atoms with Gasteiger partial charge in [0.2, 0.25) is 18.6 Å². The molecular formula is C22H27N3O5. The molecule has 0 saturated carbocycles. The van der Waals surface area contributed by atoms with Gasteiger partial charge in [0.15, 0.2) is 11.5 Å². The number of methoxy groups -OCH3 is 1. The molecule has 1 aliphatic rings. The SMILES string of the molecule is CCN(CC(=O)Nc1cccc(OC)c1)CC(=O)N[C@H](C)c1ccc2c(c1)OCO2. The highest BCUT2D eigenvalue weighted by Gasteiger charge is 2.18. The summed E-state index contributed by atoms with van der Waals surface area (Å²) in [4.78, 5) is 26.6. The lowest BCUT2D eigenvalue weighted by atomic mass is 10.1. The standard InChI is InChI=1S/C22H27N3O5/c1-4-25(13-22(27)24-17-6-5-7-18(11-17)28-3)12-21(26)23-15(2)16-8-9-19-20(10-16)30-14-29-19/h5-11,15H,4,12-14H2,1-3H3,(H,23,26)(H,24,27)/t15-/m1/s1. The van der Waals surface area contributed by atoms with Gasteiger partial charge in [-0.2, -0.15) is 0 Å². The number of fused-ring (bicyclic) bond motifs is 1. The van der Waals surface area contributed by atoms with Crippen LogP contribution >= 0.6 is 0 Å². The Hall–Kier alpha value is -3.26. The second kappa shape index (κ2) is 9.98. The molecule has 8 nitrogen and oxygen atoms in total. The Morgan fingerprint density at radius 1 is 1.10 bits per heavy atom. The molecular weight excluding hydrogens is 386 g/mol. The molecule has 0 bridgehead atoms. The summed E-state index contributed by atoms with van der Waals surface area (Å²) in [5.41, 5.74) is 1.57. The highest BCUT2D eigenvalue weighted by atomic mass is 16.7. The molecule has 0 aliphatic carbocycles. The summed E-state index contributed by atoms with van der Waals surface area (Å²) in [5.74, 6) is 1.70. The highest BCUT2D eigenvalue weighted by Crippen LogP contribution is 2.34. The molecule has 0 spiro atoms. The molecule has 30 heavy (non-hydrogen) atoms. The van der Waals surface area contributed by atoms with Gasteiger partial charge in [-0.25, -0.2) is 0 Å². The largest absolute Gasteiger partial charge is 0.497 e. The van der Waals surface area contributed by atoms with Crippen molar-refractivity contribution in [1.82, 2.24) is 10.2 Å². The maximum Gasteiger partial charge on any atom is 0.238 e. The van der Waals surface area contributed by atoms with E-state index in [-0.39, 0.29) is 37.7 Å². The van der Waals surface area contributed by atoms with Gasteiger partial charge in [0.05, 0.1) is 26.2 Å². The first-order chi connectivity index (χ1) is 14.5. The van der Waals surface area contributed by atoms with E-state index < -0.39 is 0 Å². The molecule has 2 aromatic carbocycles. The monoisotopic (exact) mass is 413 g/mol. The van der Waals surface area contributed by atoms with Gasteiger partial charge in [-0.15, -0.1) is 0 Å². The minimum atomic E-state index is -0.198. The zero-order chi connectivity index (χ0) is 21.5. The van der Waals surface area contributed by atoms with Gasteiger partial charge in [-0.05, 0) is 43.3 Å². The number of carbonyl (C=O) groups excluding carboxylic acids is 2. The van der Waals surface area contributed by atoms with Crippen molar-refractivity contribution in [3.05, 3.63) is 48.0 Å². The van der Waals surface area contributed by atoms with Gasteiger partial charge in [-0.3, -0.25) is 14.5 Å². The quantitative estimate of drug-likeness (QED) is 0.657. The van der Waals surface area contributed by atoms with E-state index in [2.05, 4.69) is 10.6 Å². The van der Waals surface area contributed by atoms with Crippen LogP contribution in [0.4, 0.5) is 5.69 Å². The molecule has 2 N–H and O–H groups in total. The topological polar surface area (TPSA) is 89.1 Å². The van der Waals surface area contributed by atoms with Crippen molar-refractivity contribution in [1.29, 1.82) is 0 Å². The second-order valence-corrected chi connectivity index (χ2v) is 6.99. The van der Waals surface area contributed by atoms with E-state index in [1.165, 1.54) is 0 Å². The van der Waals surface area contributed by atoms with Crippen LogP contribution in [0.25, 0.3) is 0 Å². The lowest BCUT2D eigenvalue weighted by molar-refractivity contribution is -0.123. The van der Waals surface area contributed by atoms with Crippen molar-refractivity contribution in [2.75, 3.05) is 38.9 Å². The molecule has 2 aromatic rings. The first-order valence-electron chi connectivity index (χ1n) is 9.83. The Kier molecular flexibility index (Phi) is 7.13. The highest BCUT2D eigenvalue weighted by molar-refractivity contribution is 5.92. The number of hydrogen-bond donors (Lipinski definition) is 2. The molecule has 0 radical (unpaired) electrons. The number of nitrogens with one attached hydrogen (secondary N) is 2. The van der Waals surface area contributed by atoms with Gasteiger partial charge in [0.25, 0.3) is 0 Å². The van der Waals surface area contributed by atoms with E-state index in [0.29, 0.717) is 29.5 Å². The van der Waals surface area contributed by atoms with Crippen molar-refractivity contribution < 1.29 is 23.8 Å². The number of anilines is 1. The minimum absolute atomic E-state index is 0.111. The van der Waals surface area contributed by atoms with Crippen LogP contribution in [-0.4, -0.2) is 50.3 Å². The van der Waals surface area contributed by atoms with Crippen molar-refractivity contribution in [3.8, 4) is 17.2 Å². The Balaban J connectivity index is 1.50. The number of carbonyl (C=O) groups is 2. The summed E-state index contributed by atoms with van der Waals surface area (Å²) >= 11 is 0. The second-order valence-electron chi connectivity index (χ2n) is 6.99. The number of likely N-dealkylation sites (N-methyl/N-ethyl adjacent to an activating group) is 1. The molecule has 0 aromatic heterocycles. The Morgan fingerprint density at radius 3 is 2.63 bits per heavy atom. The Morgan fingerprint density at radius 2 is 1.87 bits per heavy atom. The summed E-state index contributed by atoms with van der Waals surface area (Å²) in [6.45, 7) is 4.82. The molecule has 2 amide bonds. The molecule has 0 unspecified atom stereocenters. The number of nitrogens with zero attached hydrogens (tertiary/aromatic N) is 1. The van der Waals surface area contributed by atoms with Gasteiger partial charge >= 0.3 is 0 Å². The molecule has 1 aliphatic heterocycles. The average molecular weight is 413 g/mol. The van der Waals surface area contributed by atoms with Gasteiger partial charge in [0, 0.05) is 11.8 Å². The van der Waals surface area contributed by atoms with E-state index in [1.807, 2.05) is 32.0 Å². The molecule has 8 heteroatoms. The van der Waals surface area contributed by atoms with Crippen molar-refractivity contribution in [2.45, 2.75) is 19.9 Å².